The molecule has 0 radical (unpaired) electrons. The molecule has 2 aromatic heterocycles. The van der Waals surface area contributed by atoms with Crippen LogP contribution < -0.4 is 21.5 Å². The number of carboxylic acids is 1. The largest absolute Gasteiger partial charge is 0.480 e. The topological polar surface area (TPSA) is 203 Å². The van der Waals surface area contributed by atoms with Crippen LogP contribution in [-0.2, 0) is 14.8 Å². The first kappa shape index (κ1) is 26.6. The minimum absolute atomic E-state index is 0.0247. The van der Waals surface area contributed by atoms with Gasteiger partial charge >= 0.3 is 5.97 Å². The summed E-state index contributed by atoms with van der Waals surface area (Å²) in [7, 11) is -4.07. The Hall–Kier alpha value is -4.04. The number of nitrogens with two attached hydrogens (primary N) is 2. The van der Waals surface area contributed by atoms with Crippen LogP contribution in [0.1, 0.15) is 28.3 Å². The average molecular weight is 532 g/mol. The molecule has 1 amide bonds. The number of benzene rings is 1. The maximum absolute atomic E-state index is 13.1. The molecule has 1 aromatic carbocycles. The Morgan fingerprint density at radius 2 is 2.00 bits per heavy atom. The molecule has 7 N–H and O–H groups in total. The minimum atomic E-state index is -4.07. The summed E-state index contributed by atoms with van der Waals surface area (Å²) in [4.78, 5) is 36.5. The van der Waals surface area contributed by atoms with Crippen molar-refractivity contribution < 1.29 is 23.1 Å². The van der Waals surface area contributed by atoms with Gasteiger partial charge in [-0.05, 0) is 49.4 Å². The van der Waals surface area contributed by atoms with Crippen LogP contribution in [0.15, 0.2) is 57.9 Å². The molecular weight excluding hydrogens is 506 g/mol. The molecule has 0 aliphatic carbocycles. The molecule has 1 atom stereocenters. The lowest BCUT2D eigenvalue weighted by molar-refractivity contribution is -0.139. The SMILES string of the molecule is Cc1nccc(-c2cccc(S(=O)(=O)Nc3ccsc3C(=O)N[C@@H](CCCN=C(N)N)C(=O)O)c2)n1. The molecule has 14 heteroatoms. The third kappa shape index (κ3) is 6.99. The fourth-order valence-electron chi connectivity index (χ4n) is 3.19. The number of thiophene rings is 1. The molecule has 0 unspecified atom stereocenters. The van der Waals surface area contributed by atoms with Gasteiger partial charge in [0.1, 0.15) is 16.7 Å². The summed E-state index contributed by atoms with van der Waals surface area (Å²) >= 11 is 0.977. The Bertz CT molecular complexity index is 1380. The van der Waals surface area contributed by atoms with Crippen molar-refractivity contribution in [3.05, 3.63) is 58.7 Å². The number of sulfonamides is 1. The zero-order valence-electron chi connectivity index (χ0n) is 19.2. The highest BCUT2D eigenvalue weighted by Crippen LogP contribution is 2.27. The van der Waals surface area contributed by atoms with Gasteiger partial charge < -0.3 is 21.9 Å². The third-order valence-electron chi connectivity index (χ3n) is 4.88. The van der Waals surface area contributed by atoms with Crippen molar-refractivity contribution in [1.82, 2.24) is 15.3 Å². The van der Waals surface area contributed by atoms with Gasteiger partial charge in [-0.15, -0.1) is 11.3 Å². The fraction of sp³-hybridized carbons (Fsp3) is 0.227. The van der Waals surface area contributed by atoms with Crippen molar-refractivity contribution in [3.8, 4) is 11.3 Å². The molecule has 0 aliphatic rings. The summed E-state index contributed by atoms with van der Waals surface area (Å²) in [5.41, 5.74) is 11.7. The normalized spacial score (nSPS) is 11.9. The van der Waals surface area contributed by atoms with Crippen molar-refractivity contribution in [2.75, 3.05) is 11.3 Å². The van der Waals surface area contributed by atoms with E-state index < -0.39 is 27.9 Å². The number of nitrogens with zero attached hydrogens (tertiary/aromatic N) is 3. The summed E-state index contributed by atoms with van der Waals surface area (Å²) in [6, 6.07) is 8.10. The number of rotatable bonds is 11. The fourth-order valence-corrected chi connectivity index (χ4v) is 5.13. The van der Waals surface area contributed by atoms with Crippen molar-refractivity contribution in [1.29, 1.82) is 0 Å². The van der Waals surface area contributed by atoms with Crippen LogP contribution in [0.4, 0.5) is 5.69 Å². The second-order valence-electron chi connectivity index (χ2n) is 7.60. The van der Waals surface area contributed by atoms with Gasteiger partial charge in [-0.1, -0.05) is 12.1 Å². The predicted octanol–water partition coefficient (Wildman–Crippen LogP) is 1.55. The van der Waals surface area contributed by atoms with Crippen LogP contribution in [0.3, 0.4) is 0 Å². The number of aliphatic carboxylic acids is 1. The molecule has 0 aliphatic heterocycles. The number of aliphatic imine (C=N–C) groups is 1. The van der Waals surface area contributed by atoms with Gasteiger partial charge in [0, 0.05) is 18.3 Å². The number of carboxylic acid groups (broad SMARTS) is 1. The molecule has 12 nitrogen and oxygen atoms in total. The van der Waals surface area contributed by atoms with Crippen molar-refractivity contribution in [2.45, 2.75) is 30.7 Å². The van der Waals surface area contributed by atoms with Crippen molar-refractivity contribution in [2.24, 2.45) is 16.5 Å². The number of hydrogen-bond donors (Lipinski definition) is 5. The highest BCUT2D eigenvalue weighted by molar-refractivity contribution is 7.92. The molecule has 36 heavy (non-hydrogen) atoms. The van der Waals surface area contributed by atoms with E-state index >= 15 is 0 Å². The van der Waals surface area contributed by atoms with Gasteiger partial charge in [0.15, 0.2) is 5.96 Å². The van der Waals surface area contributed by atoms with Gasteiger partial charge in [-0.3, -0.25) is 14.5 Å². The molecule has 190 valence electrons. The lowest BCUT2D eigenvalue weighted by Crippen LogP contribution is -2.40. The van der Waals surface area contributed by atoms with E-state index in [2.05, 4.69) is 25.0 Å². The van der Waals surface area contributed by atoms with E-state index in [0.717, 1.165) is 11.3 Å². The molecule has 3 aromatic rings. The van der Waals surface area contributed by atoms with E-state index in [4.69, 9.17) is 11.5 Å². The third-order valence-corrected chi connectivity index (χ3v) is 7.16. The first-order chi connectivity index (χ1) is 17.1. The molecule has 0 saturated heterocycles. The first-order valence-corrected chi connectivity index (χ1v) is 13.0. The average Bonchev–Trinajstić information content (AvgIpc) is 3.28. The van der Waals surface area contributed by atoms with Crippen LogP contribution >= 0.6 is 11.3 Å². The molecule has 0 bridgehead atoms. The zero-order valence-corrected chi connectivity index (χ0v) is 20.8. The summed E-state index contributed by atoms with van der Waals surface area (Å²) < 4.78 is 28.6. The Morgan fingerprint density at radius 3 is 2.69 bits per heavy atom. The van der Waals surface area contributed by atoms with Crippen molar-refractivity contribution >= 4 is 44.9 Å². The summed E-state index contributed by atoms with van der Waals surface area (Å²) in [6.07, 6.45) is 1.99. The number of aromatic nitrogens is 2. The van der Waals surface area contributed by atoms with Gasteiger partial charge in [-0.25, -0.2) is 23.2 Å². The summed E-state index contributed by atoms with van der Waals surface area (Å²) in [6.45, 7) is 1.94. The monoisotopic (exact) mass is 531 g/mol. The van der Waals surface area contributed by atoms with Crippen LogP contribution in [-0.4, -0.2) is 53.9 Å². The lowest BCUT2D eigenvalue weighted by atomic mass is 10.1. The van der Waals surface area contributed by atoms with Crippen molar-refractivity contribution in [3.63, 3.8) is 0 Å². The quantitative estimate of drug-likeness (QED) is 0.138. The van der Waals surface area contributed by atoms with E-state index in [1.165, 1.54) is 23.6 Å². The predicted molar refractivity (Wildman–Crippen MR) is 136 cm³/mol. The van der Waals surface area contributed by atoms with Crippen LogP contribution in [0.25, 0.3) is 11.3 Å². The maximum atomic E-state index is 13.1. The number of aryl methyl sites for hydroxylation is 1. The summed E-state index contributed by atoms with van der Waals surface area (Å²) in [5.74, 6) is -1.52. The van der Waals surface area contributed by atoms with E-state index in [-0.39, 0.29) is 34.4 Å². The van der Waals surface area contributed by atoms with Gasteiger partial charge in [0.25, 0.3) is 15.9 Å². The smallest absolute Gasteiger partial charge is 0.326 e. The van der Waals surface area contributed by atoms with Crippen LogP contribution in [0, 0.1) is 6.92 Å². The first-order valence-electron chi connectivity index (χ1n) is 10.7. The van der Waals surface area contributed by atoms with Gasteiger partial charge in [0.05, 0.1) is 16.3 Å². The Balaban J connectivity index is 1.76. The van der Waals surface area contributed by atoms with Gasteiger partial charge in [-0.2, -0.15) is 0 Å². The molecular formula is C22H25N7O5S2. The van der Waals surface area contributed by atoms with E-state index in [1.54, 1.807) is 31.3 Å². The number of carbonyl (C=O) groups is 2. The molecule has 0 spiro atoms. The second-order valence-corrected chi connectivity index (χ2v) is 10.2. The molecule has 3 rings (SSSR count). The molecule has 0 fully saturated rings. The number of hydrogen-bond acceptors (Lipinski definition) is 8. The highest BCUT2D eigenvalue weighted by atomic mass is 32.2. The van der Waals surface area contributed by atoms with E-state index in [1.807, 2.05) is 0 Å². The number of anilines is 1. The Kier molecular flexibility index (Phi) is 8.55. The summed E-state index contributed by atoms with van der Waals surface area (Å²) in [5, 5.41) is 13.4. The zero-order chi connectivity index (χ0) is 26.3. The van der Waals surface area contributed by atoms with Crippen LogP contribution in [0.5, 0.6) is 0 Å². The van der Waals surface area contributed by atoms with E-state index in [9.17, 15) is 23.1 Å². The second kappa shape index (κ2) is 11.6. The standard InChI is InChI=1S/C22H25N7O5S2/c1-13-25-10-7-16(27-13)14-4-2-5-15(12-14)36(33,34)29-17-8-11-35-19(17)20(30)28-18(21(31)32)6-3-9-26-22(23)24/h2,4-5,7-8,10-12,18,29H,3,6,9H2,1H3,(H,28,30)(H,31,32)(H4,23,24,26)/t18-/m0/s1. The molecule has 2 heterocycles. The minimum Gasteiger partial charge on any atom is -0.480 e. The molecule has 0 saturated carbocycles. The number of guanidine groups is 1. The maximum Gasteiger partial charge on any atom is 0.326 e. The van der Waals surface area contributed by atoms with Gasteiger partial charge in [0.2, 0.25) is 0 Å². The number of amides is 1. The van der Waals surface area contributed by atoms with E-state index in [0.29, 0.717) is 23.5 Å². The number of nitrogens with one attached hydrogen (secondary N) is 2. The van der Waals surface area contributed by atoms with Crippen LogP contribution in [0.2, 0.25) is 0 Å². The number of carbonyl (C=O) groups excluding carboxylic acids is 1. The lowest BCUT2D eigenvalue weighted by Gasteiger charge is -2.15. The highest BCUT2D eigenvalue weighted by Gasteiger charge is 2.25. The Labute approximate surface area is 211 Å². The Morgan fingerprint density at radius 1 is 1.22 bits per heavy atom.